The average molecular weight is 384 g/mol. The summed E-state index contributed by atoms with van der Waals surface area (Å²) in [5.41, 5.74) is 4.21. The van der Waals surface area contributed by atoms with Crippen LogP contribution in [0.1, 0.15) is 11.4 Å². The zero-order chi connectivity index (χ0) is 15.0. The molecule has 0 N–H and O–H groups in total. The van der Waals surface area contributed by atoms with Gasteiger partial charge in [0.1, 0.15) is 5.82 Å². The lowest BCUT2D eigenvalue weighted by molar-refractivity contribution is 0.909. The summed E-state index contributed by atoms with van der Waals surface area (Å²) in [5.74, 6) is 1.47. The minimum atomic E-state index is 0.528. The molecule has 0 aliphatic carbocycles. The van der Waals surface area contributed by atoms with Crippen LogP contribution in [-0.4, -0.2) is 15.4 Å². The molecule has 1 heterocycles. The Kier molecular flexibility index (Phi) is 4.25. The summed E-state index contributed by atoms with van der Waals surface area (Å²) in [6.45, 7) is 2.07. The van der Waals surface area contributed by atoms with Gasteiger partial charge < -0.3 is 0 Å². The molecule has 0 saturated heterocycles. The number of hydrogen-bond donors (Lipinski definition) is 0. The molecular formula is C16H13BrCl2N2. The quantitative estimate of drug-likeness (QED) is 0.543. The van der Waals surface area contributed by atoms with Crippen molar-refractivity contribution in [3.63, 3.8) is 0 Å². The van der Waals surface area contributed by atoms with E-state index in [1.165, 1.54) is 0 Å². The summed E-state index contributed by atoms with van der Waals surface area (Å²) in [4.78, 5) is 4.76. The second kappa shape index (κ2) is 5.99. The number of aryl methyl sites for hydroxylation is 2. The third kappa shape index (κ3) is 2.59. The van der Waals surface area contributed by atoms with Gasteiger partial charge in [0.2, 0.25) is 0 Å². The highest BCUT2D eigenvalue weighted by Crippen LogP contribution is 2.33. The van der Waals surface area contributed by atoms with Crippen LogP contribution < -0.4 is 0 Å². The summed E-state index contributed by atoms with van der Waals surface area (Å²) in [6, 6.07) is 12.0. The minimum absolute atomic E-state index is 0.528. The normalized spacial score (nSPS) is 11.2. The number of aromatic nitrogens is 2. The minimum Gasteiger partial charge on any atom is -0.295 e. The van der Waals surface area contributed by atoms with Crippen LogP contribution >= 0.6 is 39.1 Å². The molecule has 2 aromatic carbocycles. The maximum absolute atomic E-state index is 6.24. The molecule has 0 radical (unpaired) electrons. The summed E-state index contributed by atoms with van der Waals surface area (Å²) in [6.07, 6.45) is 0.703. The third-order valence-electron chi connectivity index (χ3n) is 3.45. The van der Waals surface area contributed by atoms with E-state index in [1.807, 2.05) is 24.3 Å². The first-order valence-corrected chi connectivity index (χ1v) is 8.31. The van der Waals surface area contributed by atoms with Crippen molar-refractivity contribution >= 4 is 50.2 Å². The van der Waals surface area contributed by atoms with Gasteiger partial charge >= 0.3 is 0 Å². The number of imidazole rings is 1. The lowest BCUT2D eigenvalue weighted by Crippen LogP contribution is -2.03. The fraction of sp³-hybridized carbons (Fsp3) is 0.188. The van der Waals surface area contributed by atoms with Crippen LogP contribution in [0.2, 0.25) is 5.02 Å². The Balaban J connectivity index is 2.37. The Labute approximate surface area is 141 Å². The van der Waals surface area contributed by atoms with Crippen molar-refractivity contribution in [1.29, 1.82) is 0 Å². The van der Waals surface area contributed by atoms with E-state index in [1.54, 1.807) is 0 Å². The van der Waals surface area contributed by atoms with Crippen LogP contribution in [0.3, 0.4) is 0 Å². The van der Waals surface area contributed by atoms with Gasteiger partial charge in [-0.25, -0.2) is 4.98 Å². The van der Waals surface area contributed by atoms with Gasteiger partial charge in [-0.15, -0.1) is 11.6 Å². The zero-order valence-corrected chi connectivity index (χ0v) is 14.5. The highest BCUT2D eigenvalue weighted by molar-refractivity contribution is 9.10. The van der Waals surface area contributed by atoms with E-state index in [-0.39, 0.29) is 0 Å². The highest BCUT2D eigenvalue weighted by atomic mass is 79.9. The molecule has 0 aliphatic rings. The molecule has 0 bridgehead atoms. The lowest BCUT2D eigenvalue weighted by atomic mass is 10.2. The molecule has 0 fully saturated rings. The monoisotopic (exact) mass is 382 g/mol. The molecule has 0 amide bonds. The second-order valence-electron chi connectivity index (χ2n) is 4.82. The van der Waals surface area contributed by atoms with Crippen molar-refractivity contribution in [2.24, 2.45) is 0 Å². The van der Waals surface area contributed by atoms with Crippen molar-refractivity contribution in [2.45, 2.75) is 13.3 Å². The molecule has 3 aromatic rings. The van der Waals surface area contributed by atoms with Crippen LogP contribution in [0.5, 0.6) is 0 Å². The Hall–Kier alpha value is -1.03. The van der Waals surface area contributed by atoms with E-state index in [0.717, 1.165) is 32.6 Å². The predicted molar refractivity (Wildman–Crippen MR) is 92.9 cm³/mol. The first-order valence-electron chi connectivity index (χ1n) is 6.60. The number of alkyl halides is 1. The Morgan fingerprint density at radius 3 is 2.71 bits per heavy atom. The van der Waals surface area contributed by atoms with Gasteiger partial charge in [0.25, 0.3) is 0 Å². The number of rotatable bonds is 3. The van der Waals surface area contributed by atoms with E-state index in [2.05, 4.69) is 39.6 Å². The molecule has 21 heavy (non-hydrogen) atoms. The lowest BCUT2D eigenvalue weighted by Gasteiger charge is -2.11. The number of hydrogen-bond acceptors (Lipinski definition) is 1. The molecule has 1 aromatic heterocycles. The number of halogens is 3. The summed E-state index contributed by atoms with van der Waals surface area (Å²) in [5, 5.41) is 0.679. The summed E-state index contributed by atoms with van der Waals surface area (Å²) < 4.78 is 2.99. The second-order valence-corrected chi connectivity index (χ2v) is 6.40. The average Bonchev–Trinajstić information content (AvgIpc) is 2.82. The van der Waals surface area contributed by atoms with Gasteiger partial charge in [0.05, 0.1) is 26.2 Å². The number of nitrogens with zero attached hydrogens (tertiary/aromatic N) is 2. The van der Waals surface area contributed by atoms with E-state index < -0.39 is 0 Å². The van der Waals surface area contributed by atoms with Crippen LogP contribution in [0, 0.1) is 6.92 Å². The standard InChI is InChI=1S/C16H13BrCl2N2/c1-10-4-2-7-13-16(10)20-14(8-9-18)21(13)12-6-3-5-11(19)15(12)17/h2-7H,8-9H2,1H3. The van der Waals surface area contributed by atoms with Crippen LogP contribution in [0.25, 0.3) is 16.7 Å². The molecule has 0 atom stereocenters. The molecule has 0 unspecified atom stereocenters. The van der Waals surface area contributed by atoms with Gasteiger partial charge in [-0.3, -0.25) is 4.57 Å². The molecule has 0 aliphatic heterocycles. The molecule has 5 heteroatoms. The first-order chi connectivity index (χ1) is 10.1. The molecule has 2 nitrogen and oxygen atoms in total. The van der Waals surface area contributed by atoms with Crippen molar-refractivity contribution in [3.05, 3.63) is 57.3 Å². The maximum atomic E-state index is 6.24. The third-order valence-corrected chi connectivity index (χ3v) is 5.01. The summed E-state index contributed by atoms with van der Waals surface area (Å²) >= 11 is 15.8. The van der Waals surface area contributed by atoms with Crippen molar-refractivity contribution in [1.82, 2.24) is 9.55 Å². The first kappa shape index (κ1) is 14.9. The van der Waals surface area contributed by atoms with Crippen LogP contribution in [-0.2, 0) is 6.42 Å². The number of para-hydroxylation sites is 1. The fourth-order valence-electron chi connectivity index (χ4n) is 2.47. The van der Waals surface area contributed by atoms with Gasteiger partial charge in [-0.1, -0.05) is 29.8 Å². The van der Waals surface area contributed by atoms with E-state index in [0.29, 0.717) is 17.3 Å². The SMILES string of the molecule is Cc1cccc2c1nc(CCCl)n2-c1cccc(Cl)c1Br. The number of fused-ring (bicyclic) bond motifs is 1. The fourth-order valence-corrected chi connectivity index (χ4v) is 3.25. The highest BCUT2D eigenvalue weighted by Gasteiger charge is 2.16. The largest absolute Gasteiger partial charge is 0.295 e. The predicted octanol–water partition coefficient (Wildman–Crippen LogP) is 5.53. The Morgan fingerprint density at radius 1 is 1.19 bits per heavy atom. The Bertz CT molecular complexity index is 811. The van der Waals surface area contributed by atoms with Crippen LogP contribution in [0.15, 0.2) is 40.9 Å². The van der Waals surface area contributed by atoms with E-state index >= 15 is 0 Å². The van der Waals surface area contributed by atoms with Gasteiger partial charge in [-0.05, 0) is 46.6 Å². The van der Waals surface area contributed by atoms with Gasteiger partial charge in [0.15, 0.2) is 0 Å². The van der Waals surface area contributed by atoms with Gasteiger partial charge in [-0.2, -0.15) is 0 Å². The van der Waals surface area contributed by atoms with Crippen LogP contribution in [0.4, 0.5) is 0 Å². The zero-order valence-electron chi connectivity index (χ0n) is 11.4. The van der Waals surface area contributed by atoms with E-state index in [4.69, 9.17) is 28.2 Å². The summed E-state index contributed by atoms with van der Waals surface area (Å²) in [7, 11) is 0. The van der Waals surface area contributed by atoms with Crippen molar-refractivity contribution in [2.75, 3.05) is 5.88 Å². The smallest absolute Gasteiger partial charge is 0.115 e. The Morgan fingerprint density at radius 2 is 1.95 bits per heavy atom. The molecular weight excluding hydrogens is 371 g/mol. The maximum Gasteiger partial charge on any atom is 0.115 e. The molecule has 3 rings (SSSR count). The molecule has 0 saturated carbocycles. The van der Waals surface area contributed by atoms with Crippen molar-refractivity contribution in [3.8, 4) is 5.69 Å². The van der Waals surface area contributed by atoms with Crippen molar-refractivity contribution < 1.29 is 0 Å². The topological polar surface area (TPSA) is 17.8 Å². The number of benzene rings is 2. The molecule has 108 valence electrons. The molecule has 0 spiro atoms. The van der Waals surface area contributed by atoms with E-state index in [9.17, 15) is 0 Å². The van der Waals surface area contributed by atoms with Gasteiger partial charge in [0, 0.05) is 12.3 Å².